The van der Waals surface area contributed by atoms with Crippen LogP contribution in [0.3, 0.4) is 0 Å². The molecule has 124 valence electrons. The van der Waals surface area contributed by atoms with Gasteiger partial charge in [0.05, 0.1) is 0 Å². The lowest BCUT2D eigenvalue weighted by molar-refractivity contribution is -0.134. The minimum atomic E-state index is -1.06. The van der Waals surface area contributed by atoms with E-state index in [1.807, 2.05) is 36.4 Å². The number of hydrazone groups is 1. The number of amides is 1. The maximum absolute atomic E-state index is 12.2. The Hall–Kier alpha value is -2.59. The second kappa shape index (κ2) is 8.31. The molecule has 0 bridgehead atoms. The molecule has 1 amide bonds. The van der Waals surface area contributed by atoms with E-state index >= 15 is 0 Å². The number of benzene rings is 2. The molecule has 0 spiro atoms. The van der Waals surface area contributed by atoms with Crippen molar-refractivity contribution in [3.63, 3.8) is 0 Å². The number of nitrogens with zero attached hydrogens (tertiary/aromatic N) is 1. The molecule has 0 atom stereocenters. The standard InChI is InChI=1S/C19H19ClN2O2/c1-19(2,24-17-12-10-16(20)11-13-17)18(23)22-21-14-6-9-15-7-4-3-5-8-15/h3-14H,1-2H3,(H,22,23). The van der Waals surface area contributed by atoms with Gasteiger partial charge in [-0.15, -0.1) is 0 Å². The summed E-state index contributed by atoms with van der Waals surface area (Å²) >= 11 is 5.83. The van der Waals surface area contributed by atoms with Crippen LogP contribution in [0.5, 0.6) is 5.75 Å². The van der Waals surface area contributed by atoms with E-state index in [2.05, 4.69) is 10.5 Å². The fourth-order valence-electron chi connectivity index (χ4n) is 1.84. The number of carbonyl (C=O) groups excluding carboxylic acids is 1. The molecule has 0 fully saturated rings. The van der Waals surface area contributed by atoms with Gasteiger partial charge in [-0.2, -0.15) is 5.10 Å². The third kappa shape index (κ3) is 5.56. The van der Waals surface area contributed by atoms with Crippen molar-refractivity contribution in [1.29, 1.82) is 0 Å². The Balaban J connectivity index is 1.87. The van der Waals surface area contributed by atoms with E-state index in [4.69, 9.17) is 16.3 Å². The molecule has 0 saturated carbocycles. The van der Waals surface area contributed by atoms with Gasteiger partial charge in [-0.1, -0.05) is 48.0 Å². The zero-order chi connectivity index (χ0) is 17.4. The van der Waals surface area contributed by atoms with E-state index in [1.165, 1.54) is 6.21 Å². The first-order valence-corrected chi connectivity index (χ1v) is 7.85. The van der Waals surface area contributed by atoms with Gasteiger partial charge in [0.2, 0.25) is 0 Å². The van der Waals surface area contributed by atoms with Crippen molar-refractivity contribution < 1.29 is 9.53 Å². The summed E-state index contributed by atoms with van der Waals surface area (Å²) in [7, 11) is 0. The highest BCUT2D eigenvalue weighted by molar-refractivity contribution is 6.30. The highest BCUT2D eigenvalue weighted by Crippen LogP contribution is 2.20. The number of hydrogen-bond acceptors (Lipinski definition) is 3. The Labute approximate surface area is 146 Å². The molecule has 2 aromatic rings. The quantitative estimate of drug-likeness (QED) is 0.628. The monoisotopic (exact) mass is 342 g/mol. The van der Waals surface area contributed by atoms with Crippen LogP contribution in [-0.2, 0) is 4.79 Å². The summed E-state index contributed by atoms with van der Waals surface area (Å²) in [5.41, 5.74) is 2.46. The molecule has 0 radical (unpaired) electrons. The van der Waals surface area contributed by atoms with E-state index in [0.717, 1.165) is 5.56 Å². The Morgan fingerprint density at radius 1 is 1.12 bits per heavy atom. The van der Waals surface area contributed by atoms with Crippen molar-refractivity contribution >= 4 is 29.8 Å². The van der Waals surface area contributed by atoms with Gasteiger partial charge in [0.15, 0.2) is 5.60 Å². The second-order valence-corrected chi connectivity index (χ2v) is 5.99. The lowest BCUT2D eigenvalue weighted by Gasteiger charge is -2.24. The van der Waals surface area contributed by atoms with Gasteiger partial charge in [0.1, 0.15) is 5.75 Å². The Kier molecular flexibility index (Phi) is 6.15. The molecule has 0 saturated heterocycles. The third-order valence-electron chi connectivity index (χ3n) is 3.15. The van der Waals surface area contributed by atoms with E-state index in [9.17, 15) is 4.79 Å². The van der Waals surface area contributed by atoms with Crippen molar-refractivity contribution in [2.75, 3.05) is 0 Å². The molecule has 1 N–H and O–H groups in total. The molecule has 0 heterocycles. The summed E-state index contributed by atoms with van der Waals surface area (Å²) in [4.78, 5) is 12.2. The van der Waals surface area contributed by atoms with Crippen LogP contribution in [0.2, 0.25) is 5.02 Å². The van der Waals surface area contributed by atoms with Gasteiger partial charge in [-0.05, 0) is 49.8 Å². The molecule has 4 nitrogen and oxygen atoms in total. The summed E-state index contributed by atoms with van der Waals surface area (Å²) in [6, 6.07) is 16.7. The molecule has 0 unspecified atom stereocenters. The molecule has 24 heavy (non-hydrogen) atoms. The minimum absolute atomic E-state index is 0.346. The van der Waals surface area contributed by atoms with Crippen LogP contribution >= 0.6 is 11.6 Å². The topological polar surface area (TPSA) is 50.7 Å². The van der Waals surface area contributed by atoms with Crippen molar-refractivity contribution in [2.24, 2.45) is 5.10 Å². The first-order chi connectivity index (χ1) is 11.5. The number of allylic oxidation sites excluding steroid dienone is 1. The lowest BCUT2D eigenvalue weighted by atomic mass is 10.1. The van der Waals surface area contributed by atoms with Crippen molar-refractivity contribution in [2.45, 2.75) is 19.4 Å². The zero-order valence-corrected chi connectivity index (χ0v) is 14.3. The Bertz CT molecular complexity index is 723. The van der Waals surface area contributed by atoms with Crippen LogP contribution in [0.4, 0.5) is 0 Å². The predicted molar refractivity (Wildman–Crippen MR) is 98.3 cm³/mol. The third-order valence-corrected chi connectivity index (χ3v) is 3.40. The van der Waals surface area contributed by atoms with Crippen molar-refractivity contribution in [1.82, 2.24) is 5.43 Å². The highest BCUT2D eigenvalue weighted by atomic mass is 35.5. The molecule has 0 aliphatic heterocycles. The Morgan fingerprint density at radius 3 is 2.46 bits per heavy atom. The molecule has 0 aromatic heterocycles. The molecule has 2 aromatic carbocycles. The van der Waals surface area contributed by atoms with Gasteiger partial charge < -0.3 is 4.74 Å². The SMILES string of the molecule is CC(C)(Oc1ccc(Cl)cc1)C(=O)NN=CC=Cc1ccccc1. The van der Waals surface area contributed by atoms with Crippen molar-refractivity contribution in [3.05, 3.63) is 71.3 Å². The van der Waals surface area contributed by atoms with Gasteiger partial charge in [-0.25, -0.2) is 5.43 Å². The average molecular weight is 343 g/mol. The van der Waals surface area contributed by atoms with E-state index < -0.39 is 5.60 Å². The van der Waals surface area contributed by atoms with E-state index in [1.54, 1.807) is 44.2 Å². The second-order valence-electron chi connectivity index (χ2n) is 5.56. The first-order valence-electron chi connectivity index (χ1n) is 7.47. The molecular formula is C19H19ClN2O2. The summed E-state index contributed by atoms with van der Waals surface area (Å²) in [6.07, 6.45) is 5.16. The fourth-order valence-corrected chi connectivity index (χ4v) is 1.96. The number of hydrogen-bond donors (Lipinski definition) is 1. The number of carbonyl (C=O) groups is 1. The number of ether oxygens (including phenoxy) is 1. The maximum Gasteiger partial charge on any atom is 0.283 e. The molecule has 0 aliphatic rings. The maximum atomic E-state index is 12.2. The molecular weight excluding hydrogens is 324 g/mol. The van der Waals surface area contributed by atoms with Gasteiger partial charge in [-0.3, -0.25) is 4.79 Å². The first kappa shape index (κ1) is 17.8. The lowest BCUT2D eigenvalue weighted by Crippen LogP contribution is -2.44. The zero-order valence-electron chi connectivity index (χ0n) is 13.6. The van der Waals surface area contributed by atoms with Gasteiger partial charge >= 0.3 is 0 Å². The van der Waals surface area contributed by atoms with Crippen LogP contribution in [0, 0.1) is 0 Å². The van der Waals surface area contributed by atoms with Crippen molar-refractivity contribution in [3.8, 4) is 5.75 Å². The molecule has 0 aliphatic carbocycles. The number of nitrogens with one attached hydrogen (secondary N) is 1. The van der Waals surface area contributed by atoms with Crippen LogP contribution < -0.4 is 10.2 Å². The summed E-state index contributed by atoms with van der Waals surface area (Å²) < 4.78 is 5.68. The minimum Gasteiger partial charge on any atom is -0.478 e. The molecule has 5 heteroatoms. The average Bonchev–Trinajstić information content (AvgIpc) is 2.57. The van der Waals surface area contributed by atoms with Gasteiger partial charge in [0, 0.05) is 11.2 Å². The highest BCUT2D eigenvalue weighted by Gasteiger charge is 2.29. The van der Waals surface area contributed by atoms with E-state index in [0.29, 0.717) is 10.8 Å². The van der Waals surface area contributed by atoms with Gasteiger partial charge in [0.25, 0.3) is 5.91 Å². The largest absolute Gasteiger partial charge is 0.478 e. The molecule has 2 rings (SSSR count). The van der Waals surface area contributed by atoms with Crippen LogP contribution in [0.25, 0.3) is 6.08 Å². The normalized spacial score (nSPS) is 11.8. The predicted octanol–water partition coefficient (Wildman–Crippen LogP) is 4.31. The van der Waals surface area contributed by atoms with E-state index in [-0.39, 0.29) is 5.91 Å². The van der Waals surface area contributed by atoms with Crippen LogP contribution in [-0.4, -0.2) is 17.7 Å². The number of halogens is 1. The summed E-state index contributed by atoms with van der Waals surface area (Å²) in [5.74, 6) is 0.217. The smallest absolute Gasteiger partial charge is 0.283 e. The van der Waals surface area contributed by atoms with Crippen LogP contribution in [0.1, 0.15) is 19.4 Å². The number of rotatable bonds is 6. The van der Waals surface area contributed by atoms with Crippen LogP contribution in [0.15, 0.2) is 65.8 Å². The fraction of sp³-hybridized carbons (Fsp3) is 0.158. The summed E-state index contributed by atoms with van der Waals surface area (Å²) in [5, 5.41) is 4.51. The Morgan fingerprint density at radius 2 is 1.79 bits per heavy atom. The summed E-state index contributed by atoms with van der Waals surface area (Å²) in [6.45, 7) is 3.35.